The number of benzene rings is 2. The van der Waals surface area contributed by atoms with Gasteiger partial charge in [0.25, 0.3) is 5.91 Å². The van der Waals surface area contributed by atoms with E-state index in [1.165, 1.54) is 0 Å². The van der Waals surface area contributed by atoms with Gasteiger partial charge in [0.2, 0.25) is 0 Å². The monoisotopic (exact) mass is 442 g/mol. The highest BCUT2D eigenvalue weighted by atomic mass is 16.6. The number of methoxy groups -OCH3 is 1. The van der Waals surface area contributed by atoms with Crippen LogP contribution in [-0.2, 0) is 11.3 Å². The molecular formula is C23H26N2O7. The Morgan fingerprint density at radius 1 is 1.12 bits per heavy atom. The molecule has 0 saturated carbocycles. The van der Waals surface area contributed by atoms with Gasteiger partial charge in [0.05, 0.1) is 24.8 Å². The molecule has 1 saturated heterocycles. The minimum atomic E-state index is -1.59. The minimum absolute atomic E-state index is 0.330. The summed E-state index contributed by atoms with van der Waals surface area (Å²) in [5.41, 5.74) is 2.15. The Kier molecular flexibility index (Phi) is 6.45. The number of aromatic nitrogens is 1. The summed E-state index contributed by atoms with van der Waals surface area (Å²) in [7, 11) is 1.57. The van der Waals surface area contributed by atoms with Gasteiger partial charge in [0.1, 0.15) is 30.1 Å². The van der Waals surface area contributed by atoms with Crippen LogP contribution in [-0.4, -0.2) is 75.3 Å². The van der Waals surface area contributed by atoms with Crippen LogP contribution in [0.2, 0.25) is 0 Å². The molecule has 1 aliphatic rings. The van der Waals surface area contributed by atoms with Gasteiger partial charge in [-0.05, 0) is 17.7 Å². The highest BCUT2D eigenvalue weighted by molar-refractivity contribution is 6.07. The van der Waals surface area contributed by atoms with Crippen LogP contribution in [0.15, 0.2) is 54.7 Å². The average molecular weight is 442 g/mol. The van der Waals surface area contributed by atoms with Crippen molar-refractivity contribution in [2.45, 2.75) is 37.2 Å². The molecule has 0 bridgehead atoms. The Labute approximate surface area is 184 Å². The van der Waals surface area contributed by atoms with E-state index in [4.69, 9.17) is 9.47 Å². The fraction of sp³-hybridized carbons (Fsp3) is 0.348. The number of rotatable bonds is 6. The molecule has 1 aromatic heterocycles. The van der Waals surface area contributed by atoms with Crippen LogP contribution >= 0.6 is 0 Å². The maximum atomic E-state index is 13.1. The van der Waals surface area contributed by atoms with Crippen molar-refractivity contribution < 1.29 is 34.7 Å². The first-order chi connectivity index (χ1) is 15.4. The van der Waals surface area contributed by atoms with E-state index < -0.39 is 43.2 Å². The van der Waals surface area contributed by atoms with Crippen LogP contribution in [0.4, 0.5) is 0 Å². The van der Waals surface area contributed by atoms with Crippen molar-refractivity contribution in [1.29, 1.82) is 0 Å². The number of aliphatic hydroxyl groups excluding tert-OH is 4. The third-order valence-electron chi connectivity index (χ3n) is 5.73. The number of carbonyl (C=O) groups excluding carboxylic acids is 1. The van der Waals surface area contributed by atoms with Crippen LogP contribution in [0.25, 0.3) is 10.9 Å². The average Bonchev–Trinajstić information content (AvgIpc) is 3.17. The van der Waals surface area contributed by atoms with Crippen LogP contribution in [0.5, 0.6) is 5.75 Å². The first-order valence-electron chi connectivity index (χ1n) is 10.2. The Hall–Kier alpha value is -2.95. The minimum Gasteiger partial charge on any atom is -0.497 e. The van der Waals surface area contributed by atoms with Crippen LogP contribution in [0, 0.1) is 0 Å². The van der Waals surface area contributed by atoms with Gasteiger partial charge in [-0.1, -0.05) is 30.3 Å². The van der Waals surface area contributed by atoms with Crippen molar-refractivity contribution in [3.8, 4) is 5.75 Å². The van der Waals surface area contributed by atoms with Crippen molar-refractivity contribution in [2.75, 3.05) is 13.7 Å². The molecule has 170 valence electrons. The third-order valence-corrected chi connectivity index (χ3v) is 5.73. The standard InChI is InChI=1S/C23H26N2O7/c1-31-14-7-8-15-16(11-25(17(15)9-14)10-13-5-3-2-4-6-13)22(29)24-19-21(28)20(27)18(12-26)32-23(19)30/h2-9,11,18-21,23,26-28,30H,10,12H2,1H3,(H,24,29)/t18?,19-,20-,21?,23?/m1/s1. The van der Waals surface area contributed by atoms with Crippen molar-refractivity contribution in [3.05, 3.63) is 65.9 Å². The number of hydrogen-bond donors (Lipinski definition) is 5. The van der Waals surface area contributed by atoms with Gasteiger partial charge >= 0.3 is 0 Å². The lowest BCUT2D eigenvalue weighted by Crippen LogP contribution is -2.64. The number of nitrogens with zero attached hydrogens (tertiary/aromatic N) is 1. The Morgan fingerprint density at radius 3 is 2.56 bits per heavy atom. The van der Waals surface area contributed by atoms with Crippen molar-refractivity contribution in [2.24, 2.45) is 0 Å². The van der Waals surface area contributed by atoms with E-state index in [0.29, 0.717) is 23.2 Å². The van der Waals surface area contributed by atoms with E-state index in [2.05, 4.69) is 5.32 Å². The zero-order valence-corrected chi connectivity index (χ0v) is 17.5. The number of amides is 1. The largest absolute Gasteiger partial charge is 0.497 e. The molecule has 4 rings (SSSR count). The van der Waals surface area contributed by atoms with Crippen molar-refractivity contribution in [1.82, 2.24) is 9.88 Å². The number of nitrogens with one attached hydrogen (secondary N) is 1. The maximum absolute atomic E-state index is 13.1. The Balaban J connectivity index is 1.65. The summed E-state index contributed by atoms with van der Waals surface area (Å²) in [4.78, 5) is 13.1. The zero-order chi connectivity index (χ0) is 22.8. The topological polar surface area (TPSA) is 133 Å². The van der Waals surface area contributed by atoms with Crippen LogP contribution in [0.3, 0.4) is 0 Å². The molecule has 3 aromatic rings. The lowest BCUT2D eigenvalue weighted by Gasteiger charge is -2.40. The molecule has 2 heterocycles. The lowest BCUT2D eigenvalue weighted by molar-refractivity contribution is -0.252. The van der Waals surface area contributed by atoms with Crippen molar-refractivity contribution >= 4 is 16.8 Å². The maximum Gasteiger partial charge on any atom is 0.253 e. The second kappa shape index (κ2) is 9.27. The van der Waals surface area contributed by atoms with Gasteiger partial charge in [0.15, 0.2) is 6.29 Å². The van der Waals surface area contributed by atoms with E-state index in [9.17, 15) is 25.2 Å². The normalized spacial score (nSPS) is 25.6. The summed E-state index contributed by atoms with van der Waals surface area (Å²) in [5.74, 6) is 0.0925. The summed E-state index contributed by atoms with van der Waals surface area (Å²) in [5, 5.41) is 43.1. The predicted octanol–water partition coefficient (Wildman–Crippen LogP) is 0.228. The van der Waals surface area contributed by atoms with Crippen molar-refractivity contribution in [3.63, 3.8) is 0 Å². The van der Waals surface area contributed by atoms with Crippen LogP contribution < -0.4 is 10.1 Å². The summed E-state index contributed by atoms with van der Waals surface area (Å²) < 4.78 is 12.4. The van der Waals surface area contributed by atoms with E-state index in [0.717, 1.165) is 11.1 Å². The lowest BCUT2D eigenvalue weighted by atomic mass is 9.96. The smallest absolute Gasteiger partial charge is 0.253 e. The van der Waals surface area contributed by atoms with E-state index in [1.54, 1.807) is 25.4 Å². The van der Waals surface area contributed by atoms with Gasteiger partial charge in [-0.3, -0.25) is 4.79 Å². The highest BCUT2D eigenvalue weighted by Gasteiger charge is 2.44. The number of ether oxygens (including phenoxy) is 2. The second-order valence-corrected chi connectivity index (χ2v) is 7.77. The molecule has 0 spiro atoms. The van der Waals surface area contributed by atoms with Gasteiger partial charge in [-0.2, -0.15) is 0 Å². The summed E-state index contributed by atoms with van der Waals surface area (Å²) in [6.45, 7) is -0.0583. The van der Waals surface area contributed by atoms with Gasteiger partial charge in [0, 0.05) is 24.2 Å². The third kappa shape index (κ3) is 4.21. The molecule has 32 heavy (non-hydrogen) atoms. The first kappa shape index (κ1) is 22.3. The molecule has 1 amide bonds. The molecule has 0 aliphatic carbocycles. The van der Waals surface area contributed by atoms with E-state index in [1.807, 2.05) is 41.0 Å². The quantitative estimate of drug-likeness (QED) is 0.369. The predicted molar refractivity (Wildman–Crippen MR) is 115 cm³/mol. The number of carbonyl (C=O) groups is 1. The van der Waals surface area contributed by atoms with Gasteiger partial charge in [-0.25, -0.2) is 0 Å². The summed E-state index contributed by atoms with van der Waals surface area (Å²) in [6, 6.07) is 13.8. The highest BCUT2D eigenvalue weighted by Crippen LogP contribution is 2.28. The molecule has 0 radical (unpaired) electrons. The van der Waals surface area contributed by atoms with Gasteiger partial charge < -0.3 is 39.8 Å². The SMILES string of the molecule is COc1ccc2c(C(=O)N[C@H]3C(O)OC(CO)[C@@H](O)C3O)cn(Cc3ccccc3)c2c1. The Bertz CT molecular complexity index is 1080. The first-order valence-corrected chi connectivity index (χ1v) is 10.2. The molecule has 5 atom stereocenters. The summed E-state index contributed by atoms with van der Waals surface area (Å²) >= 11 is 0. The van der Waals surface area contributed by atoms with E-state index >= 15 is 0 Å². The molecule has 5 N–H and O–H groups in total. The molecule has 1 aliphatic heterocycles. The summed E-state index contributed by atoms with van der Waals surface area (Å²) in [6.07, 6.45) is -4.02. The van der Waals surface area contributed by atoms with Gasteiger partial charge in [-0.15, -0.1) is 0 Å². The fourth-order valence-electron chi connectivity index (χ4n) is 3.97. The molecular weight excluding hydrogens is 416 g/mol. The molecule has 2 aromatic carbocycles. The second-order valence-electron chi connectivity index (χ2n) is 7.77. The number of hydrogen-bond acceptors (Lipinski definition) is 7. The zero-order valence-electron chi connectivity index (χ0n) is 17.5. The molecule has 9 heteroatoms. The number of aliphatic hydroxyl groups is 4. The van der Waals surface area contributed by atoms with E-state index in [-0.39, 0.29) is 0 Å². The fourth-order valence-corrected chi connectivity index (χ4v) is 3.97. The molecule has 3 unspecified atom stereocenters. The molecule has 9 nitrogen and oxygen atoms in total. The molecule has 1 fully saturated rings. The Morgan fingerprint density at radius 2 is 1.88 bits per heavy atom. The number of fused-ring (bicyclic) bond motifs is 1. The van der Waals surface area contributed by atoms with Crippen LogP contribution in [0.1, 0.15) is 15.9 Å².